The van der Waals surface area contributed by atoms with Gasteiger partial charge in [-0.25, -0.2) is 0 Å². The number of aryl methyl sites for hydroxylation is 1. The molecule has 23 heavy (non-hydrogen) atoms. The van der Waals surface area contributed by atoms with Crippen LogP contribution in [0, 0.1) is 30.1 Å². The second-order valence-electron chi connectivity index (χ2n) is 8.05. The van der Waals surface area contributed by atoms with Crippen molar-refractivity contribution in [2.75, 3.05) is 6.61 Å². The highest BCUT2D eigenvalue weighted by atomic mass is 16.5. The lowest BCUT2D eigenvalue weighted by atomic mass is 9.48. The lowest BCUT2D eigenvalue weighted by molar-refractivity contribution is -0.146. The quantitative estimate of drug-likeness (QED) is 0.773. The lowest BCUT2D eigenvalue weighted by Crippen LogP contribution is -2.51. The van der Waals surface area contributed by atoms with Gasteiger partial charge in [-0.05, 0) is 87.0 Å². The molecule has 0 N–H and O–H groups in total. The molecule has 1 aromatic rings. The molecule has 0 atom stereocenters. The van der Waals surface area contributed by atoms with Crippen LogP contribution in [0.15, 0.2) is 18.2 Å². The summed E-state index contributed by atoms with van der Waals surface area (Å²) in [5.74, 6) is 3.35. The second-order valence-corrected chi connectivity index (χ2v) is 8.05. The van der Waals surface area contributed by atoms with Crippen molar-refractivity contribution in [3.63, 3.8) is 0 Å². The number of hydrogen-bond donors (Lipinski definition) is 0. The fourth-order valence-electron chi connectivity index (χ4n) is 5.66. The third-order valence-electron chi connectivity index (χ3n) is 6.32. The largest absolute Gasteiger partial charge is 0.486 e. The zero-order valence-corrected chi connectivity index (χ0v) is 13.7. The van der Waals surface area contributed by atoms with E-state index >= 15 is 0 Å². The van der Waals surface area contributed by atoms with Gasteiger partial charge in [0.25, 0.3) is 0 Å². The molecule has 4 saturated carbocycles. The van der Waals surface area contributed by atoms with Gasteiger partial charge in [0.15, 0.2) is 5.78 Å². The van der Waals surface area contributed by atoms with Crippen LogP contribution in [0.3, 0.4) is 0 Å². The van der Waals surface area contributed by atoms with Gasteiger partial charge in [-0.2, -0.15) is 0 Å². The van der Waals surface area contributed by atoms with Gasteiger partial charge in [0.05, 0.1) is 0 Å². The smallest absolute Gasteiger partial charge is 0.176 e. The Balaban J connectivity index is 1.45. The van der Waals surface area contributed by atoms with Crippen molar-refractivity contribution in [2.45, 2.75) is 45.4 Å². The number of aldehydes is 1. The Hall–Kier alpha value is -1.64. The zero-order valence-electron chi connectivity index (χ0n) is 13.7. The zero-order chi connectivity index (χ0) is 16.0. The summed E-state index contributed by atoms with van der Waals surface area (Å²) in [6.45, 7) is 2.09. The molecule has 0 spiro atoms. The lowest BCUT2D eigenvalue weighted by Gasteiger charge is -2.55. The van der Waals surface area contributed by atoms with Crippen LogP contribution >= 0.6 is 0 Å². The number of carbonyl (C=O) groups is 2. The molecule has 4 fully saturated rings. The van der Waals surface area contributed by atoms with Crippen molar-refractivity contribution in [3.8, 4) is 5.75 Å². The monoisotopic (exact) mass is 312 g/mol. The Labute approximate surface area is 137 Å². The van der Waals surface area contributed by atoms with E-state index in [9.17, 15) is 9.59 Å². The Morgan fingerprint density at radius 3 is 2.30 bits per heavy atom. The van der Waals surface area contributed by atoms with Gasteiger partial charge in [0.2, 0.25) is 0 Å². The Morgan fingerprint density at radius 2 is 1.78 bits per heavy atom. The highest BCUT2D eigenvalue weighted by Crippen LogP contribution is 2.60. The topological polar surface area (TPSA) is 43.4 Å². The third kappa shape index (κ3) is 2.60. The molecule has 5 rings (SSSR count). The van der Waals surface area contributed by atoms with E-state index in [0.717, 1.165) is 48.9 Å². The van der Waals surface area contributed by atoms with Gasteiger partial charge < -0.3 is 4.74 Å². The number of hydrogen-bond acceptors (Lipinski definition) is 3. The molecule has 0 amide bonds. The summed E-state index contributed by atoms with van der Waals surface area (Å²) in [6.07, 6.45) is 8.13. The van der Waals surface area contributed by atoms with Crippen LogP contribution in [0.5, 0.6) is 5.75 Å². The first kappa shape index (κ1) is 14.9. The van der Waals surface area contributed by atoms with E-state index in [1.54, 1.807) is 18.2 Å². The number of ketones is 1. The summed E-state index contributed by atoms with van der Waals surface area (Å²) < 4.78 is 5.82. The molecule has 0 radical (unpaired) electrons. The average molecular weight is 312 g/mol. The normalized spacial score (nSPS) is 34.4. The molecule has 3 nitrogen and oxygen atoms in total. The Morgan fingerprint density at radius 1 is 1.17 bits per heavy atom. The molecule has 3 heteroatoms. The molecule has 4 bridgehead atoms. The maximum absolute atomic E-state index is 12.9. The Kier molecular flexibility index (Phi) is 3.55. The minimum atomic E-state index is -0.0919. The van der Waals surface area contributed by atoms with Gasteiger partial charge in [0.1, 0.15) is 18.6 Å². The minimum Gasteiger partial charge on any atom is -0.486 e. The van der Waals surface area contributed by atoms with Crippen molar-refractivity contribution in [1.29, 1.82) is 0 Å². The van der Waals surface area contributed by atoms with Gasteiger partial charge >= 0.3 is 0 Å². The van der Waals surface area contributed by atoms with Gasteiger partial charge in [-0.1, -0.05) is 0 Å². The van der Waals surface area contributed by atoms with E-state index in [2.05, 4.69) is 0 Å². The summed E-state index contributed by atoms with van der Waals surface area (Å²) in [5.41, 5.74) is 1.46. The molecule has 0 aliphatic heterocycles. The van der Waals surface area contributed by atoms with E-state index in [1.807, 2.05) is 6.92 Å². The summed E-state index contributed by atoms with van der Waals surface area (Å²) >= 11 is 0. The molecule has 122 valence electrons. The molecule has 0 heterocycles. The predicted molar refractivity (Wildman–Crippen MR) is 87.7 cm³/mol. The van der Waals surface area contributed by atoms with Crippen LogP contribution in [-0.4, -0.2) is 18.7 Å². The van der Waals surface area contributed by atoms with E-state index in [-0.39, 0.29) is 12.0 Å². The summed E-state index contributed by atoms with van der Waals surface area (Å²) in [7, 11) is 0. The van der Waals surface area contributed by atoms with Crippen molar-refractivity contribution in [1.82, 2.24) is 0 Å². The molecular formula is C20H24O3. The van der Waals surface area contributed by atoms with E-state index < -0.39 is 0 Å². The van der Waals surface area contributed by atoms with Crippen molar-refractivity contribution in [2.24, 2.45) is 23.2 Å². The first-order valence-electron chi connectivity index (χ1n) is 8.80. The predicted octanol–water partition coefficient (Wildman–Crippen LogP) is 3.97. The maximum atomic E-state index is 12.9. The second kappa shape index (κ2) is 5.47. The SMILES string of the molecule is Cc1cc(C=O)ccc1OCC(=O)C12CC3CC(CC(C3)C1)C2. The first-order valence-corrected chi connectivity index (χ1v) is 8.80. The van der Waals surface area contributed by atoms with Crippen LogP contribution in [-0.2, 0) is 4.79 Å². The molecule has 0 saturated heterocycles. The highest BCUT2D eigenvalue weighted by molar-refractivity contribution is 5.86. The van der Waals surface area contributed by atoms with Gasteiger partial charge in [-0.15, -0.1) is 0 Å². The maximum Gasteiger partial charge on any atom is 0.176 e. The van der Waals surface area contributed by atoms with Crippen LogP contribution in [0.1, 0.15) is 54.4 Å². The Bertz CT molecular complexity index is 611. The number of carbonyl (C=O) groups excluding carboxylic acids is 2. The number of rotatable bonds is 5. The summed E-state index contributed by atoms with van der Waals surface area (Å²) in [4.78, 5) is 23.7. The molecule has 4 aliphatic rings. The van der Waals surface area contributed by atoms with Crippen LogP contribution in [0.25, 0.3) is 0 Å². The van der Waals surface area contributed by atoms with Crippen LogP contribution in [0.2, 0.25) is 0 Å². The molecular weight excluding hydrogens is 288 g/mol. The van der Waals surface area contributed by atoms with Crippen LogP contribution < -0.4 is 4.74 Å². The van der Waals surface area contributed by atoms with Gasteiger partial charge in [0, 0.05) is 11.0 Å². The molecule has 1 aromatic carbocycles. The standard InChI is InChI=1S/C20H24O3/c1-13-4-14(11-21)2-3-18(13)23-12-19(22)20-8-15-5-16(9-20)7-17(6-15)10-20/h2-4,11,15-17H,5-10,12H2,1H3. The number of Topliss-reactive ketones (excluding diaryl/α,β-unsaturated/α-hetero) is 1. The van der Waals surface area contributed by atoms with E-state index in [4.69, 9.17) is 4.74 Å². The third-order valence-corrected chi connectivity index (χ3v) is 6.32. The highest BCUT2D eigenvalue weighted by Gasteiger charge is 2.54. The number of benzene rings is 1. The summed E-state index contributed by atoms with van der Waals surface area (Å²) in [5, 5.41) is 0. The van der Waals surface area contributed by atoms with E-state index in [0.29, 0.717) is 17.1 Å². The molecule has 4 aliphatic carbocycles. The van der Waals surface area contributed by atoms with Crippen molar-refractivity contribution >= 4 is 12.1 Å². The number of ether oxygens (including phenoxy) is 1. The van der Waals surface area contributed by atoms with Crippen molar-refractivity contribution < 1.29 is 14.3 Å². The average Bonchev–Trinajstić information content (AvgIpc) is 2.52. The van der Waals surface area contributed by atoms with Crippen LogP contribution in [0.4, 0.5) is 0 Å². The minimum absolute atomic E-state index is 0.0919. The van der Waals surface area contributed by atoms with E-state index in [1.165, 1.54) is 19.3 Å². The fraction of sp³-hybridized carbons (Fsp3) is 0.600. The molecule has 0 unspecified atom stereocenters. The summed E-state index contributed by atoms with van der Waals surface area (Å²) in [6, 6.07) is 5.34. The first-order chi connectivity index (χ1) is 11.1. The van der Waals surface area contributed by atoms with Gasteiger partial charge in [-0.3, -0.25) is 9.59 Å². The fourth-order valence-corrected chi connectivity index (χ4v) is 5.66. The molecule has 0 aromatic heterocycles. The van der Waals surface area contributed by atoms with Crippen molar-refractivity contribution in [3.05, 3.63) is 29.3 Å².